The minimum absolute atomic E-state index is 0.0505. The molecule has 1 aliphatic heterocycles. The first-order chi connectivity index (χ1) is 18.9. The molecule has 2 atom stereocenters. The van der Waals surface area contributed by atoms with E-state index in [2.05, 4.69) is 9.98 Å². The molecule has 0 spiro atoms. The van der Waals surface area contributed by atoms with Gasteiger partial charge in [0.15, 0.2) is 10.4 Å². The van der Waals surface area contributed by atoms with E-state index >= 15 is 0 Å². The number of thiazole rings is 1. The number of esters is 1. The summed E-state index contributed by atoms with van der Waals surface area (Å²) in [6.07, 6.45) is 0.285. The number of fused-ring (bicyclic) bond motifs is 1. The molecule has 0 N–H and O–H groups in total. The third kappa shape index (κ3) is 6.29. The van der Waals surface area contributed by atoms with Crippen molar-refractivity contribution in [3.8, 4) is 0 Å². The van der Waals surface area contributed by atoms with E-state index in [1.54, 1.807) is 18.3 Å². The van der Waals surface area contributed by atoms with Crippen molar-refractivity contribution in [2.75, 3.05) is 0 Å². The van der Waals surface area contributed by atoms with Gasteiger partial charge in [-0.1, -0.05) is 41.1 Å². The van der Waals surface area contributed by atoms with Gasteiger partial charge in [-0.2, -0.15) is 0 Å². The van der Waals surface area contributed by atoms with Crippen LogP contribution in [0.3, 0.4) is 0 Å². The number of non-ortho nitro benzene ring substituents is 1. The number of carbonyl (C=O) groups is 2. The molecule has 12 heteroatoms. The molecule has 5 rings (SSSR count). The second-order valence-electron chi connectivity index (χ2n) is 8.61. The highest BCUT2D eigenvalue weighted by atomic mass is 33.1. The maximum Gasteiger partial charge on any atom is 0.335 e. The van der Waals surface area contributed by atoms with Crippen molar-refractivity contribution in [3.05, 3.63) is 94.5 Å². The van der Waals surface area contributed by atoms with Gasteiger partial charge in [-0.15, -0.1) is 11.3 Å². The van der Waals surface area contributed by atoms with Gasteiger partial charge in [-0.3, -0.25) is 19.9 Å². The lowest BCUT2D eigenvalue weighted by Crippen LogP contribution is -2.60. The number of nitro benzene ring substituents is 1. The number of hydrogen-bond donors (Lipinski definition) is 0. The van der Waals surface area contributed by atoms with E-state index in [0.717, 1.165) is 14.6 Å². The van der Waals surface area contributed by atoms with Crippen molar-refractivity contribution in [2.45, 2.75) is 35.7 Å². The first-order valence-electron chi connectivity index (χ1n) is 11.9. The monoisotopic (exact) mass is 578 g/mol. The molecule has 4 aromatic rings. The zero-order valence-electron chi connectivity index (χ0n) is 20.6. The second-order valence-corrected chi connectivity index (χ2v) is 12.3. The van der Waals surface area contributed by atoms with Crippen LogP contribution in [-0.4, -0.2) is 43.8 Å². The Morgan fingerprint density at radius 3 is 2.56 bits per heavy atom. The molecule has 0 saturated carbocycles. The lowest BCUT2D eigenvalue weighted by Gasteiger charge is -2.43. The number of benzene rings is 3. The minimum atomic E-state index is -1.02. The summed E-state index contributed by atoms with van der Waals surface area (Å²) in [7, 11) is 2.95. The molecular weight excluding hydrogens is 557 g/mol. The molecule has 198 valence electrons. The van der Waals surface area contributed by atoms with Gasteiger partial charge in [-0.25, -0.2) is 9.78 Å². The molecule has 0 bridgehead atoms. The van der Waals surface area contributed by atoms with Gasteiger partial charge in [0.1, 0.15) is 6.61 Å². The van der Waals surface area contributed by atoms with Crippen LogP contribution >= 0.6 is 32.9 Å². The molecule has 9 nitrogen and oxygen atoms in total. The van der Waals surface area contributed by atoms with Crippen molar-refractivity contribution in [2.24, 2.45) is 4.99 Å². The molecule has 3 aromatic carbocycles. The molecule has 1 fully saturated rings. The number of nitro groups is 1. The molecular formula is C27H22N4O5S3. The molecule has 0 radical (unpaired) electrons. The Morgan fingerprint density at radius 1 is 1.15 bits per heavy atom. The van der Waals surface area contributed by atoms with Gasteiger partial charge < -0.3 is 9.64 Å². The molecule has 1 saturated heterocycles. The van der Waals surface area contributed by atoms with E-state index in [-0.39, 0.29) is 30.0 Å². The molecule has 1 amide bonds. The highest BCUT2D eigenvalue weighted by Gasteiger charge is 2.46. The fourth-order valence-corrected chi connectivity index (χ4v) is 7.78. The summed E-state index contributed by atoms with van der Waals surface area (Å²) in [5.41, 5.74) is 2.55. The first kappa shape index (κ1) is 26.9. The Hall–Kier alpha value is -3.74. The first-order valence-corrected chi connectivity index (χ1v) is 14.9. The summed E-state index contributed by atoms with van der Waals surface area (Å²) in [4.78, 5) is 47.4. The van der Waals surface area contributed by atoms with Crippen LogP contribution in [0.1, 0.15) is 18.9 Å². The predicted molar refractivity (Wildman–Crippen MR) is 154 cm³/mol. The van der Waals surface area contributed by atoms with Gasteiger partial charge in [0.05, 0.1) is 32.6 Å². The Kier molecular flexibility index (Phi) is 8.24. The maximum absolute atomic E-state index is 13.4. The Bertz CT molecular complexity index is 1510. The number of likely N-dealkylation sites (tertiary alicyclic amines) is 1. The number of β-lactam (4-membered cyclic amide) rings is 1. The minimum Gasteiger partial charge on any atom is -0.459 e. The standard InChI is InChI=1S/C27H22N4O5S3/c1-17(28-19-7-3-2-4-8-19)25(26(33)36-16-18-11-13-20(14-12-18)31(34)35)30-23(32)15-24(30)38-39-27-29-21-9-5-6-10-22(21)37-27/h2-14,24-25H,15-16H2,1H3/t24-,25?/m1/s1. The van der Waals surface area contributed by atoms with E-state index in [1.807, 2.05) is 54.6 Å². The Morgan fingerprint density at radius 2 is 1.87 bits per heavy atom. The summed E-state index contributed by atoms with van der Waals surface area (Å²) >= 11 is 1.58. The van der Waals surface area contributed by atoms with E-state index < -0.39 is 16.9 Å². The van der Waals surface area contributed by atoms with Crippen molar-refractivity contribution >= 4 is 72.1 Å². The van der Waals surface area contributed by atoms with Crippen LogP contribution in [0, 0.1) is 10.1 Å². The lowest BCUT2D eigenvalue weighted by atomic mass is 10.0. The molecule has 39 heavy (non-hydrogen) atoms. The number of para-hydroxylation sites is 2. The predicted octanol–water partition coefficient (Wildman–Crippen LogP) is 6.41. The zero-order chi connectivity index (χ0) is 27.4. The highest BCUT2D eigenvalue weighted by molar-refractivity contribution is 8.77. The number of carbonyl (C=O) groups excluding carboxylic acids is 2. The van der Waals surface area contributed by atoms with Crippen LogP contribution in [0.4, 0.5) is 11.4 Å². The van der Waals surface area contributed by atoms with Crippen molar-refractivity contribution in [1.82, 2.24) is 9.88 Å². The topological polar surface area (TPSA) is 115 Å². The summed E-state index contributed by atoms with van der Waals surface area (Å²) < 4.78 is 7.55. The molecule has 2 heterocycles. The van der Waals surface area contributed by atoms with Crippen molar-refractivity contribution < 1.29 is 19.2 Å². The summed E-state index contributed by atoms with van der Waals surface area (Å²) in [5.74, 6) is -0.786. The zero-order valence-corrected chi connectivity index (χ0v) is 23.1. The molecule has 0 aliphatic carbocycles. The van der Waals surface area contributed by atoms with Gasteiger partial charge in [0.2, 0.25) is 5.91 Å². The third-order valence-electron chi connectivity index (χ3n) is 5.94. The summed E-state index contributed by atoms with van der Waals surface area (Å²) in [5, 5.41) is 10.6. The average molecular weight is 579 g/mol. The number of ether oxygens (including phenoxy) is 1. The van der Waals surface area contributed by atoms with E-state index in [1.165, 1.54) is 50.8 Å². The Labute approximate surface area is 235 Å². The quantitative estimate of drug-likeness (QED) is 0.0530. The van der Waals surface area contributed by atoms with Gasteiger partial charge in [0.25, 0.3) is 5.69 Å². The SMILES string of the molecule is CC(=Nc1ccccc1)C(C(=O)OCc1ccc([N+](=O)[O-])cc1)N1C(=O)C[C@H]1SSc1nc2ccccc2s1. The number of aliphatic imine (C=N–C) groups is 1. The second kappa shape index (κ2) is 12.0. The number of hydrogen-bond acceptors (Lipinski definition) is 10. The van der Waals surface area contributed by atoms with Crippen LogP contribution in [0.25, 0.3) is 10.2 Å². The van der Waals surface area contributed by atoms with Crippen LogP contribution in [0.15, 0.2) is 88.2 Å². The van der Waals surface area contributed by atoms with Crippen LogP contribution in [0.5, 0.6) is 0 Å². The average Bonchev–Trinajstić information content (AvgIpc) is 3.36. The van der Waals surface area contributed by atoms with E-state index in [0.29, 0.717) is 17.0 Å². The molecule has 1 unspecified atom stereocenters. The van der Waals surface area contributed by atoms with Crippen molar-refractivity contribution in [1.29, 1.82) is 0 Å². The third-order valence-corrected chi connectivity index (χ3v) is 9.96. The largest absolute Gasteiger partial charge is 0.459 e. The number of aromatic nitrogens is 1. The Balaban J connectivity index is 1.33. The van der Waals surface area contributed by atoms with Gasteiger partial charge in [-0.05, 0) is 59.7 Å². The number of rotatable bonds is 10. The normalized spacial score (nSPS) is 16.1. The van der Waals surface area contributed by atoms with Gasteiger partial charge >= 0.3 is 5.97 Å². The molecule has 1 aromatic heterocycles. The van der Waals surface area contributed by atoms with Crippen LogP contribution < -0.4 is 0 Å². The van der Waals surface area contributed by atoms with Crippen LogP contribution in [0.2, 0.25) is 0 Å². The summed E-state index contributed by atoms with van der Waals surface area (Å²) in [6, 6.07) is 21.8. The summed E-state index contributed by atoms with van der Waals surface area (Å²) in [6.45, 7) is 1.62. The smallest absolute Gasteiger partial charge is 0.335 e. The maximum atomic E-state index is 13.4. The van der Waals surface area contributed by atoms with Gasteiger partial charge in [0, 0.05) is 17.8 Å². The van der Waals surface area contributed by atoms with Crippen molar-refractivity contribution in [3.63, 3.8) is 0 Å². The number of nitrogens with zero attached hydrogens (tertiary/aromatic N) is 4. The number of amides is 1. The van der Waals surface area contributed by atoms with E-state index in [9.17, 15) is 19.7 Å². The fourth-order valence-electron chi connectivity index (χ4n) is 3.98. The van der Waals surface area contributed by atoms with Crippen LogP contribution in [-0.2, 0) is 20.9 Å². The highest BCUT2D eigenvalue weighted by Crippen LogP contribution is 2.44. The lowest BCUT2D eigenvalue weighted by molar-refractivity contribution is -0.384. The fraction of sp³-hybridized carbons (Fsp3) is 0.185. The van der Waals surface area contributed by atoms with E-state index in [4.69, 9.17) is 4.74 Å². The molecule has 1 aliphatic rings.